The topological polar surface area (TPSA) is 54.4 Å². The minimum Gasteiger partial charge on any atom is -0.395 e. The van der Waals surface area contributed by atoms with Gasteiger partial charge in [0.05, 0.1) is 18.1 Å². The van der Waals surface area contributed by atoms with Crippen LogP contribution in [0.15, 0.2) is 24.3 Å². The number of sulfone groups is 1. The second-order valence-corrected chi connectivity index (χ2v) is 5.57. The van der Waals surface area contributed by atoms with Crippen LogP contribution in [0.4, 0.5) is 0 Å². The van der Waals surface area contributed by atoms with Gasteiger partial charge in [0.25, 0.3) is 0 Å². The Balaban J connectivity index is 2.79. The van der Waals surface area contributed by atoms with Crippen molar-refractivity contribution < 1.29 is 13.5 Å². The van der Waals surface area contributed by atoms with Crippen LogP contribution < -0.4 is 0 Å². The van der Waals surface area contributed by atoms with Gasteiger partial charge in [0, 0.05) is 5.02 Å². The summed E-state index contributed by atoms with van der Waals surface area (Å²) in [6, 6.07) is 6.69. The maximum atomic E-state index is 11.3. The zero-order valence-corrected chi connectivity index (χ0v) is 9.05. The monoisotopic (exact) mass is 234 g/mol. The quantitative estimate of drug-likeness (QED) is 0.853. The molecule has 1 aromatic carbocycles. The number of hydrogen-bond acceptors (Lipinski definition) is 3. The number of aliphatic hydroxyl groups is 1. The van der Waals surface area contributed by atoms with Crippen LogP contribution in [0.5, 0.6) is 0 Å². The third-order valence-corrected chi connectivity index (χ3v) is 3.49. The molecule has 0 saturated carbocycles. The van der Waals surface area contributed by atoms with Crippen molar-refractivity contribution in [1.29, 1.82) is 0 Å². The second-order valence-electron chi connectivity index (χ2n) is 2.95. The highest BCUT2D eigenvalue weighted by Crippen LogP contribution is 2.13. The highest BCUT2D eigenvalue weighted by atomic mass is 35.5. The number of rotatable bonds is 4. The first kappa shape index (κ1) is 11.5. The summed E-state index contributed by atoms with van der Waals surface area (Å²) in [6.07, 6.45) is 0. The molecule has 0 heterocycles. The Hall–Kier alpha value is -0.580. The van der Waals surface area contributed by atoms with E-state index in [0.717, 1.165) is 0 Å². The van der Waals surface area contributed by atoms with Crippen molar-refractivity contribution in [3.8, 4) is 0 Å². The zero-order valence-electron chi connectivity index (χ0n) is 7.48. The minimum absolute atomic E-state index is 0.0753. The van der Waals surface area contributed by atoms with Crippen LogP contribution in [0.1, 0.15) is 5.56 Å². The van der Waals surface area contributed by atoms with Gasteiger partial charge in [-0.15, -0.1) is 0 Å². The molecule has 0 bridgehead atoms. The van der Waals surface area contributed by atoms with E-state index in [-0.39, 0.29) is 18.1 Å². The molecule has 14 heavy (non-hydrogen) atoms. The lowest BCUT2D eigenvalue weighted by Gasteiger charge is -2.02. The van der Waals surface area contributed by atoms with Gasteiger partial charge in [-0.2, -0.15) is 0 Å². The van der Waals surface area contributed by atoms with Gasteiger partial charge in [-0.3, -0.25) is 0 Å². The van der Waals surface area contributed by atoms with Gasteiger partial charge in [-0.05, 0) is 17.7 Å². The van der Waals surface area contributed by atoms with E-state index >= 15 is 0 Å². The molecular weight excluding hydrogens is 224 g/mol. The van der Waals surface area contributed by atoms with Gasteiger partial charge in [-0.25, -0.2) is 8.42 Å². The molecule has 0 spiro atoms. The van der Waals surface area contributed by atoms with Crippen LogP contribution in [0.25, 0.3) is 0 Å². The molecule has 5 heteroatoms. The van der Waals surface area contributed by atoms with Crippen LogP contribution in [-0.2, 0) is 15.6 Å². The summed E-state index contributed by atoms with van der Waals surface area (Å²) in [6.45, 7) is -0.344. The molecule has 0 aliphatic carbocycles. The molecule has 0 fully saturated rings. The Morgan fingerprint density at radius 1 is 1.36 bits per heavy atom. The highest BCUT2D eigenvalue weighted by Gasteiger charge is 2.10. The first-order valence-electron chi connectivity index (χ1n) is 4.09. The summed E-state index contributed by atoms with van der Waals surface area (Å²) in [5, 5.41) is 9.04. The normalized spacial score (nSPS) is 11.6. The summed E-state index contributed by atoms with van der Waals surface area (Å²) in [4.78, 5) is 0. The van der Waals surface area contributed by atoms with Crippen LogP contribution in [-0.4, -0.2) is 25.9 Å². The van der Waals surface area contributed by atoms with Crippen molar-refractivity contribution in [3.05, 3.63) is 34.9 Å². The average molecular weight is 235 g/mol. The Morgan fingerprint density at radius 2 is 2.07 bits per heavy atom. The molecule has 0 saturated heterocycles. The smallest absolute Gasteiger partial charge is 0.156 e. The van der Waals surface area contributed by atoms with Crippen molar-refractivity contribution in [1.82, 2.24) is 0 Å². The lowest BCUT2D eigenvalue weighted by Crippen LogP contribution is -2.12. The second kappa shape index (κ2) is 4.77. The first-order chi connectivity index (χ1) is 6.53. The predicted molar refractivity (Wildman–Crippen MR) is 56.0 cm³/mol. The molecule has 0 unspecified atom stereocenters. The number of hydrogen-bond donors (Lipinski definition) is 1. The molecular formula is C9H11ClO3S. The fourth-order valence-corrected chi connectivity index (χ4v) is 2.41. The molecule has 3 nitrogen and oxygen atoms in total. The van der Waals surface area contributed by atoms with E-state index in [4.69, 9.17) is 16.7 Å². The lowest BCUT2D eigenvalue weighted by atomic mass is 10.2. The van der Waals surface area contributed by atoms with Crippen LogP contribution in [0.3, 0.4) is 0 Å². The third kappa shape index (κ3) is 3.65. The molecule has 0 radical (unpaired) electrons. The van der Waals surface area contributed by atoms with Crippen molar-refractivity contribution in [2.24, 2.45) is 0 Å². The molecule has 1 rings (SSSR count). The first-order valence-corrected chi connectivity index (χ1v) is 6.29. The SMILES string of the molecule is O=S(=O)(CCO)Cc1cccc(Cl)c1. The van der Waals surface area contributed by atoms with Crippen molar-refractivity contribution >= 4 is 21.4 Å². The fraction of sp³-hybridized carbons (Fsp3) is 0.333. The summed E-state index contributed by atoms with van der Waals surface area (Å²) in [7, 11) is -3.21. The Bertz CT molecular complexity index is 400. The lowest BCUT2D eigenvalue weighted by molar-refractivity contribution is 0.319. The predicted octanol–water partition coefficient (Wildman–Crippen LogP) is 1.25. The highest BCUT2D eigenvalue weighted by molar-refractivity contribution is 7.90. The van der Waals surface area contributed by atoms with E-state index in [1.54, 1.807) is 24.3 Å². The van der Waals surface area contributed by atoms with Gasteiger partial charge in [0.1, 0.15) is 0 Å². The van der Waals surface area contributed by atoms with Crippen molar-refractivity contribution in [2.45, 2.75) is 5.75 Å². The Labute approximate surface area is 88.2 Å². The van der Waals surface area contributed by atoms with E-state index in [1.807, 2.05) is 0 Å². The van der Waals surface area contributed by atoms with Gasteiger partial charge >= 0.3 is 0 Å². The maximum Gasteiger partial charge on any atom is 0.156 e. The van der Waals surface area contributed by atoms with Gasteiger partial charge < -0.3 is 5.11 Å². The Kier molecular flexibility index (Phi) is 3.92. The van der Waals surface area contributed by atoms with Gasteiger partial charge in [0.2, 0.25) is 0 Å². The molecule has 0 amide bonds. The van der Waals surface area contributed by atoms with Crippen LogP contribution >= 0.6 is 11.6 Å². The van der Waals surface area contributed by atoms with E-state index in [1.165, 1.54) is 0 Å². The van der Waals surface area contributed by atoms with Gasteiger partial charge in [-0.1, -0.05) is 23.7 Å². The van der Waals surface area contributed by atoms with Crippen LogP contribution in [0, 0.1) is 0 Å². The average Bonchev–Trinajstić information content (AvgIpc) is 2.02. The van der Waals surface area contributed by atoms with E-state index in [9.17, 15) is 8.42 Å². The zero-order chi connectivity index (χ0) is 10.6. The van der Waals surface area contributed by atoms with Crippen molar-refractivity contribution in [3.63, 3.8) is 0 Å². The standard InChI is InChI=1S/C9H11ClO3S/c10-9-3-1-2-8(6-9)7-14(12,13)5-4-11/h1-3,6,11H,4-5,7H2. The molecule has 0 aromatic heterocycles. The molecule has 0 aliphatic rings. The molecule has 1 aromatic rings. The molecule has 0 aliphatic heterocycles. The van der Waals surface area contributed by atoms with E-state index in [0.29, 0.717) is 10.6 Å². The van der Waals surface area contributed by atoms with Crippen molar-refractivity contribution in [2.75, 3.05) is 12.4 Å². The summed E-state index contributed by atoms with van der Waals surface area (Å²) < 4.78 is 22.6. The summed E-state index contributed by atoms with van der Waals surface area (Å²) in [5.74, 6) is -0.284. The fourth-order valence-electron chi connectivity index (χ4n) is 1.09. The molecule has 0 atom stereocenters. The molecule has 78 valence electrons. The number of halogens is 1. The van der Waals surface area contributed by atoms with Crippen LogP contribution in [0.2, 0.25) is 5.02 Å². The van der Waals surface area contributed by atoms with E-state index in [2.05, 4.69) is 0 Å². The van der Waals surface area contributed by atoms with E-state index < -0.39 is 9.84 Å². The number of aliphatic hydroxyl groups excluding tert-OH is 1. The summed E-state index contributed by atoms with van der Waals surface area (Å²) >= 11 is 5.71. The largest absolute Gasteiger partial charge is 0.395 e. The van der Waals surface area contributed by atoms with Gasteiger partial charge in [0.15, 0.2) is 9.84 Å². The molecule has 1 N–H and O–H groups in total. The summed E-state index contributed by atoms with van der Waals surface area (Å²) in [5.41, 5.74) is 0.644. The number of benzene rings is 1. The maximum absolute atomic E-state index is 11.3. The third-order valence-electron chi connectivity index (χ3n) is 1.68. The minimum atomic E-state index is -3.21. The Morgan fingerprint density at radius 3 is 2.64 bits per heavy atom.